The molecule has 0 amide bonds. The zero-order chi connectivity index (χ0) is 15.2. The molecule has 0 aliphatic heterocycles. The van der Waals surface area contributed by atoms with Crippen LogP contribution in [-0.4, -0.2) is 13.0 Å². The Kier molecular flexibility index (Phi) is 5.89. The molecule has 0 radical (unpaired) electrons. The first kappa shape index (κ1) is 16.4. The van der Waals surface area contributed by atoms with Crippen LogP contribution in [0.15, 0.2) is 43.0 Å². The lowest BCUT2D eigenvalue weighted by Gasteiger charge is -2.11. The van der Waals surface area contributed by atoms with Crippen molar-refractivity contribution in [3.63, 3.8) is 0 Å². The third-order valence-electron chi connectivity index (χ3n) is 3.00. The van der Waals surface area contributed by atoms with Gasteiger partial charge in [0.1, 0.15) is 0 Å². The summed E-state index contributed by atoms with van der Waals surface area (Å²) in [7, 11) is -0.988. The van der Waals surface area contributed by atoms with E-state index < -0.39 is 8.07 Å². The van der Waals surface area contributed by atoms with Gasteiger partial charge in [0.15, 0.2) is 0 Å². The first-order valence-electron chi connectivity index (χ1n) is 6.87. The molecule has 0 aliphatic rings. The van der Waals surface area contributed by atoms with Gasteiger partial charge < -0.3 is 0 Å². The van der Waals surface area contributed by atoms with Crippen LogP contribution < -0.4 is 0 Å². The summed E-state index contributed by atoms with van der Waals surface area (Å²) in [5, 5.41) is 10.6. The van der Waals surface area contributed by atoms with Gasteiger partial charge in [-0.05, 0) is 42.2 Å². The topological polar surface area (TPSA) is 43.1 Å². The summed E-state index contributed by atoms with van der Waals surface area (Å²) >= 11 is 0. The summed E-state index contributed by atoms with van der Waals surface area (Å²) < 4.78 is 0. The number of hydrogen-bond acceptors (Lipinski definition) is 2. The average Bonchev–Trinajstić information content (AvgIpc) is 2.37. The molecule has 0 saturated heterocycles. The van der Waals surface area contributed by atoms with Crippen molar-refractivity contribution < 1.29 is 4.92 Å². The summed E-state index contributed by atoms with van der Waals surface area (Å²) in [6, 6.07) is 7.80. The number of nitro groups is 1. The smallest absolute Gasteiger partial charge is 0.258 e. The van der Waals surface area contributed by atoms with Crippen molar-refractivity contribution in [1.82, 2.24) is 0 Å². The van der Waals surface area contributed by atoms with E-state index in [1.54, 1.807) is 12.1 Å². The van der Waals surface area contributed by atoms with Gasteiger partial charge in [-0.15, -0.1) is 0 Å². The molecule has 0 N–H and O–H groups in total. The van der Waals surface area contributed by atoms with Crippen LogP contribution in [0.3, 0.4) is 0 Å². The summed E-state index contributed by atoms with van der Waals surface area (Å²) in [5.74, 6) is 0. The van der Waals surface area contributed by atoms with Gasteiger partial charge in [-0.25, -0.2) is 0 Å². The van der Waals surface area contributed by atoms with Crippen molar-refractivity contribution in [1.29, 1.82) is 0 Å². The van der Waals surface area contributed by atoms with Crippen LogP contribution in [0.5, 0.6) is 0 Å². The highest BCUT2D eigenvalue weighted by Gasteiger charge is 2.09. The number of nitro benzene ring substituents is 1. The number of benzene rings is 1. The highest BCUT2D eigenvalue weighted by molar-refractivity contribution is 6.76. The fraction of sp³-hybridized carbons (Fsp3) is 0.375. The zero-order valence-corrected chi connectivity index (χ0v) is 13.6. The lowest BCUT2D eigenvalue weighted by molar-refractivity contribution is -0.384. The molecule has 1 aromatic carbocycles. The molecule has 4 heteroatoms. The fourth-order valence-corrected chi connectivity index (χ4v) is 2.65. The molecule has 0 aliphatic carbocycles. The van der Waals surface area contributed by atoms with E-state index in [9.17, 15) is 10.1 Å². The third kappa shape index (κ3) is 5.97. The van der Waals surface area contributed by atoms with Crippen LogP contribution in [0.25, 0.3) is 5.57 Å². The highest BCUT2D eigenvalue weighted by atomic mass is 28.3. The maximum atomic E-state index is 10.6. The molecule has 0 aromatic heterocycles. The van der Waals surface area contributed by atoms with E-state index in [0.29, 0.717) is 0 Å². The van der Waals surface area contributed by atoms with E-state index >= 15 is 0 Å². The molecule has 0 unspecified atom stereocenters. The van der Waals surface area contributed by atoms with Crippen LogP contribution in [0.4, 0.5) is 5.69 Å². The van der Waals surface area contributed by atoms with Gasteiger partial charge in [0, 0.05) is 20.2 Å². The molecular weight excluding hydrogens is 266 g/mol. The van der Waals surface area contributed by atoms with Crippen molar-refractivity contribution in [2.24, 2.45) is 0 Å². The second kappa shape index (κ2) is 7.19. The first-order chi connectivity index (χ1) is 9.29. The second-order valence-corrected chi connectivity index (χ2v) is 11.7. The van der Waals surface area contributed by atoms with Gasteiger partial charge in [-0.2, -0.15) is 0 Å². The molecule has 0 bridgehead atoms. The second-order valence-electron chi connectivity index (χ2n) is 6.18. The maximum Gasteiger partial charge on any atom is 0.269 e. The van der Waals surface area contributed by atoms with Crippen molar-refractivity contribution in [2.45, 2.75) is 38.5 Å². The predicted octanol–water partition coefficient (Wildman–Crippen LogP) is 5.28. The number of hydrogen-bond donors (Lipinski definition) is 0. The van der Waals surface area contributed by atoms with Gasteiger partial charge >= 0.3 is 0 Å². The SMILES string of the molecule is C=C(CC/C=C/C[Si](C)(C)C)c1ccc([N+](=O)[O-])cc1. The normalized spacial score (nSPS) is 11.8. The molecule has 0 fully saturated rings. The molecule has 1 rings (SSSR count). The summed E-state index contributed by atoms with van der Waals surface area (Å²) in [6.07, 6.45) is 6.35. The molecule has 0 spiro atoms. The summed E-state index contributed by atoms with van der Waals surface area (Å²) in [4.78, 5) is 10.2. The Morgan fingerprint density at radius 1 is 1.25 bits per heavy atom. The lowest BCUT2D eigenvalue weighted by atomic mass is 10.0. The Balaban J connectivity index is 2.45. The quantitative estimate of drug-likeness (QED) is 0.296. The molecule has 0 atom stereocenters. The van der Waals surface area contributed by atoms with Crippen LogP contribution in [0.2, 0.25) is 25.7 Å². The predicted molar refractivity (Wildman–Crippen MR) is 88.7 cm³/mol. The van der Waals surface area contributed by atoms with E-state index in [1.165, 1.54) is 18.2 Å². The van der Waals surface area contributed by atoms with Crippen molar-refractivity contribution in [2.75, 3.05) is 0 Å². The Morgan fingerprint density at radius 3 is 2.35 bits per heavy atom. The number of nitrogens with zero attached hydrogens (tertiary/aromatic N) is 1. The zero-order valence-electron chi connectivity index (χ0n) is 12.6. The Morgan fingerprint density at radius 2 is 1.85 bits per heavy atom. The summed E-state index contributed by atoms with van der Waals surface area (Å²) in [5.41, 5.74) is 2.13. The van der Waals surface area contributed by atoms with E-state index in [0.717, 1.165) is 24.0 Å². The fourth-order valence-electron chi connectivity index (χ4n) is 1.78. The number of allylic oxidation sites excluding steroid dienone is 3. The number of non-ortho nitro benzene ring substituents is 1. The summed E-state index contributed by atoms with van der Waals surface area (Å²) in [6.45, 7) is 11.1. The van der Waals surface area contributed by atoms with E-state index in [-0.39, 0.29) is 10.6 Å². The minimum atomic E-state index is -0.988. The minimum Gasteiger partial charge on any atom is -0.258 e. The maximum absolute atomic E-state index is 10.6. The van der Waals surface area contributed by atoms with Crippen LogP contribution in [0, 0.1) is 10.1 Å². The van der Waals surface area contributed by atoms with Gasteiger partial charge in [0.25, 0.3) is 5.69 Å². The van der Waals surface area contributed by atoms with E-state index in [2.05, 4.69) is 38.4 Å². The molecular formula is C16H23NO2Si. The largest absolute Gasteiger partial charge is 0.269 e. The lowest BCUT2D eigenvalue weighted by Crippen LogP contribution is -2.17. The Bertz CT molecular complexity index is 498. The molecule has 1 aromatic rings. The standard InChI is InChI=1S/C16H23NO2Si/c1-14(8-6-5-7-13-20(2,3)4)15-9-11-16(12-10-15)17(18)19/h5,7,9-12H,1,6,8,13H2,2-4H3/b7-5+. The Hall–Kier alpha value is -1.68. The number of rotatable bonds is 7. The van der Waals surface area contributed by atoms with E-state index in [4.69, 9.17) is 0 Å². The van der Waals surface area contributed by atoms with Gasteiger partial charge in [0.05, 0.1) is 4.92 Å². The van der Waals surface area contributed by atoms with E-state index in [1.807, 2.05) is 0 Å². The van der Waals surface area contributed by atoms with Crippen molar-refractivity contribution >= 4 is 19.3 Å². The van der Waals surface area contributed by atoms with Gasteiger partial charge in [0.2, 0.25) is 0 Å². The molecule has 108 valence electrons. The molecule has 0 saturated carbocycles. The molecule has 0 heterocycles. The first-order valence-corrected chi connectivity index (χ1v) is 10.6. The van der Waals surface area contributed by atoms with Gasteiger partial charge in [-0.1, -0.05) is 38.4 Å². The Labute approximate surface area is 122 Å². The average molecular weight is 289 g/mol. The van der Waals surface area contributed by atoms with Gasteiger partial charge in [-0.3, -0.25) is 10.1 Å². The molecule has 3 nitrogen and oxygen atoms in total. The van der Waals surface area contributed by atoms with Crippen LogP contribution in [0.1, 0.15) is 18.4 Å². The molecule has 20 heavy (non-hydrogen) atoms. The van der Waals surface area contributed by atoms with Crippen LogP contribution >= 0.6 is 0 Å². The minimum absolute atomic E-state index is 0.122. The van der Waals surface area contributed by atoms with Crippen molar-refractivity contribution in [3.8, 4) is 0 Å². The van der Waals surface area contributed by atoms with Crippen molar-refractivity contribution in [3.05, 3.63) is 58.7 Å². The third-order valence-corrected chi connectivity index (χ3v) is 4.46. The van der Waals surface area contributed by atoms with Crippen LogP contribution in [-0.2, 0) is 0 Å². The highest BCUT2D eigenvalue weighted by Crippen LogP contribution is 2.21. The monoisotopic (exact) mass is 289 g/mol.